The molecule has 0 saturated carbocycles. The van der Waals surface area contributed by atoms with Gasteiger partial charge in [-0.3, -0.25) is 9.78 Å². The minimum atomic E-state index is -0.419. The lowest BCUT2D eigenvalue weighted by Gasteiger charge is -2.28. The largest absolute Gasteiger partial charge is 0.365 e. The molecule has 4 N–H and O–H groups in total. The number of carbonyl (C=O) groups excluding carboxylic acids is 1. The standard InChI is InChI=1S/C21H23N5OS/c1-28-16-4-2-14(3-5-16)18-12-15(6-7-24-18)19-13-17(20(22)27)21(25-19)26-10-8-23-9-11-26/h2-7,12-13,23,25H,8-11H2,1H3,(H2,22,27). The molecule has 144 valence electrons. The lowest BCUT2D eigenvalue weighted by Crippen LogP contribution is -2.44. The Hall–Kier alpha value is -2.77. The fraction of sp³-hybridized carbons (Fsp3) is 0.238. The van der Waals surface area contributed by atoms with E-state index in [0.717, 1.165) is 54.5 Å². The maximum Gasteiger partial charge on any atom is 0.252 e. The lowest BCUT2D eigenvalue weighted by molar-refractivity contribution is 0.100. The van der Waals surface area contributed by atoms with Crippen LogP contribution in [0, 0.1) is 0 Å². The zero-order chi connectivity index (χ0) is 19.5. The van der Waals surface area contributed by atoms with Crippen molar-refractivity contribution in [2.24, 2.45) is 5.73 Å². The molecule has 2 aromatic heterocycles. The number of nitrogens with one attached hydrogen (secondary N) is 2. The highest BCUT2D eigenvalue weighted by Gasteiger charge is 2.21. The van der Waals surface area contributed by atoms with Crippen LogP contribution in [0.4, 0.5) is 5.82 Å². The number of aromatic amines is 1. The second kappa shape index (κ2) is 8.08. The van der Waals surface area contributed by atoms with E-state index in [4.69, 9.17) is 5.73 Å². The number of rotatable bonds is 5. The molecule has 3 aromatic rings. The van der Waals surface area contributed by atoms with E-state index in [0.29, 0.717) is 5.56 Å². The quantitative estimate of drug-likeness (QED) is 0.580. The Balaban J connectivity index is 1.69. The number of anilines is 1. The van der Waals surface area contributed by atoms with Gasteiger partial charge in [-0.1, -0.05) is 12.1 Å². The molecule has 1 fully saturated rings. The van der Waals surface area contributed by atoms with Gasteiger partial charge in [-0.05, 0) is 36.6 Å². The monoisotopic (exact) mass is 393 g/mol. The first-order chi connectivity index (χ1) is 13.7. The third kappa shape index (κ3) is 3.76. The number of piperazine rings is 1. The summed E-state index contributed by atoms with van der Waals surface area (Å²) in [7, 11) is 0. The summed E-state index contributed by atoms with van der Waals surface area (Å²) >= 11 is 1.71. The fourth-order valence-electron chi connectivity index (χ4n) is 3.44. The molecule has 7 heteroatoms. The molecule has 1 saturated heterocycles. The van der Waals surface area contributed by atoms with Gasteiger partial charge < -0.3 is 20.9 Å². The Morgan fingerprint density at radius 2 is 1.86 bits per heavy atom. The average molecular weight is 394 g/mol. The number of carbonyl (C=O) groups is 1. The highest BCUT2D eigenvalue weighted by molar-refractivity contribution is 7.98. The maximum atomic E-state index is 12.0. The number of hydrogen-bond donors (Lipinski definition) is 3. The van der Waals surface area contributed by atoms with E-state index in [1.165, 1.54) is 4.90 Å². The van der Waals surface area contributed by atoms with Crippen LogP contribution < -0.4 is 16.0 Å². The summed E-state index contributed by atoms with van der Waals surface area (Å²) in [5.41, 5.74) is 9.97. The molecule has 0 unspecified atom stereocenters. The van der Waals surface area contributed by atoms with E-state index in [2.05, 4.69) is 50.7 Å². The van der Waals surface area contributed by atoms with Gasteiger partial charge in [-0.15, -0.1) is 11.8 Å². The van der Waals surface area contributed by atoms with Crippen LogP contribution in [0.1, 0.15) is 10.4 Å². The van der Waals surface area contributed by atoms with Gasteiger partial charge in [0, 0.05) is 54.1 Å². The lowest BCUT2D eigenvalue weighted by atomic mass is 10.1. The van der Waals surface area contributed by atoms with Crippen molar-refractivity contribution in [3.05, 3.63) is 54.2 Å². The second-order valence-electron chi connectivity index (χ2n) is 6.70. The zero-order valence-electron chi connectivity index (χ0n) is 15.7. The smallest absolute Gasteiger partial charge is 0.252 e. The first kappa shape index (κ1) is 18.6. The molecule has 6 nitrogen and oxygen atoms in total. The summed E-state index contributed by atoms with van der Waals surface area (Å²) in [6, 6.07) is 14.2. The number of benzene rings is 1. The summed E-state index contributed by atoms with van der Waals surface area (Å²) in [4.78, 5) is 23.3. The molecule has 0 bridgehead atoms. The molecule has 28 heavy (non-hydrogen) atoms. The van der Waals surface area contributed by atoms with Gasteiger partial charge in [0.2, 0.25) is 0 Å². The first-order valence-electron chi connectivity index (χ1n) is 9.25. The van der Waals surface area contributed by atoms with Crippen molar-refractivity contribution in [2.75, 3.05) is 37.3 Å². The van der Waals surface area contributed by atoms with Crippen molar-refractivity contribution in [3.63, 3.8) is 0 Å². The van der Waals surface area contributed by atoms with E-state index < -0.39 is 5.91 Å². The third-order valence-electron chi connectivity index (χ3n) is 4.95. The molecule has 0 atom stereocenters. The van der Waals surface area contributed by atoms with Crippen molar-refractivity contribution >= 4 is 23.5 Å². The normalized spacial score (nSPS) is 14.2. The minimum Gasteiger partial charge on any atom is -0.365 e. The zero-order valence-corrected chi connectivity index (χ0v) is 16.6. The molecule has 0 spiro atoms. The number of amides is 1. The first-order valence-corrected chi connectivity index (χ1v) is 10.5. The molecule has 1 amide bonds. The Bertz CT molecular complexity index is 977. The SMILES string of the molecule is CSc1ccc(-c2cc(-c3cc(C(N)=O)c(N4CCNCC4)[nH]3)ccn2)cc1. The van der Waals surface area contributed by atoms with Gasteiger partial charge in [0.1, 0.15) is 5.82 Å². The Labute approximate surface area is 168 Å². The number of thioether (sulfide) groups is 1. The molecule has 4 rings (SSSR count). The molecule has 3 heterocycles. The molecule has 0 aliphatic carbocycles. The molecular formula is C21H23N5OS. The minimum absolute atomic E-state index is 0.419. The maximum absolute atomic E-state index is 12.0. The van der Waals surface area contributed by atoms with E-state index >= 15 is 0 Å². The van der Waals surface area contributed by atoms with Gasteiger partial charge in [0.15, 0.2) is 0 Å². The van der Waals surface area contributed by atoms with E-state index in [-0.39, 0.29) is 0 Å². The van der Waals surface area contributed by atoms with Crippen molar-refractivity contribution in [1.29, 1.82) is 0 Å². The number of nitrogens with two attached hydrogens (primary N) is 1. The number of H-pyrrole nitrogens is 1. The number of primary amides is 1. The van der Waals surface area contributed by atoms with Crippen LogP contribution in [0.3, 0.4) is 0 Å². The molecule has 0 radical (unpaired) electrons. The van der Waals surface area contributed by atoms with Crippen LogP contribution in [-0.2, 0) is 0 Å². The highest BCUT2D eigenvalue weighted by atomic mass is 32.2. The van der Waals surface area contributed by atoms with Gasteiger partial charge >= 0.3 is 0 Å². The van der Waals surface area contributed by atoms with Crippen LogP contribution in [0.15, 0.2) is 53.6 Å². The molecule has 1 aliphatic rings. The van der Waals surface area contributed by atoms with Crippen molar-refractivity contribution in [1.82, 2.24) is 15.3 Å². The van der Waals surface area contributed by atoms with Gasteiger partial charge in [-0.2, -0.15) is 0 Å². The number of nitrogens with zero attached hydrogens (tertiary/aromatic N) is 2. The average Bonchev–Trinajstić information content (AvgIpc) is 3.21. The summed E-state index contributed by atoms with van der Waals surface area (Å²) in [6.45, 7) is 3.45. The summed E-state index contributed by atoms with van der Waals surface area (Å²) in [6.07, 6.45) is 3.86. The van der Waals surface area contributed by atoms with Crippen molar-refractivity contribution in [2.45, 2.75) is 4.90 Å². The topological polar surface area (TPSA) is 87.0 Å². The van der Waals surface area contributed by atoms with Crippen molar-refractivity contribution in [3.8, 4) is 22.5 Å². The van der Waals surface area contributed by atoms with Crippen LogP contribution in [-0.4, -0.2) is 48.3 Å². The predicted molar refractivity (Wildman–Crippen MR) is 115 cm³/mol. The number of hydrogen-bond acceptors (Lipinski definition) is 5. The summed E-state index contributed by atoms with van der Waals surface area (Å²) < 4.78 is 0. The second-order valence-corrected chi connectivity index (χ2v) is 7.58. The van der Waals surface area contributed by atoms with Gasteiger partial charge in [0.25, 0.3) is 5.91 Å². The predicted octanol–water partition coefficient (Wildman–Crippen LogP) is 2.97. The molecular weight excluding hydrogens is 370 g/mol. The third-order valence-corrected chi connectivity index (χ3v) is 5.70. The van der Waals surface area contributed by atoms with E-state index in [1.807, 2.05) is 18.2 Å². The molecule has 1 aliphatic heterocycles. The summed E-state index contributed by atoms with van der Waals surface area (Å²) in [5.74, 6) is 0.379. The van der Waals surface area contributed by atoms with E-state index in [1.54, 1.807) is 18.0 Å². The van der Waals surface area contributed by atoms with Gasteiger partial charge in [-0.25, -0.2) is 0 Å². The van der Waals surface area contributed by atoms with Crippen molar-refractivity contribution < 1.29 is 4.79 Å². The Morgan fingerprint density at radius 3 is 2.54 bits per heavy atom. The Kier molecular flexibility index (Phi) is 5.36. The number of aromatic nitrogens is 2. The van der Waals surface area contributed by atoms with Crippen LogP contribution in [0.25, 0.3) is 22.5 Å². The summed E-state index contributed by atoms with van der Waals surface area (Å²) in [5, 5.41) is 3.32. The van der Waals surface area contributed by atoms with Crippen LogP contribution >= 0.6 is 11.8 Å². The van der Waals surface area contributed by atoms with Crippen LogP contribution in [0.5, 0.6) is 0 Å². The van der Waals surface area contributed by atoms with Crippen LogP contribution in [0.2, 0.25) is 0 Å². The number of pyridine rings is 1. The highest BCUT2D eigenvalue weighted by Crippen LogP contribution is 2.30. The van der Waals surface area contributed by atoms with Gasteiger partial charge in [0.05, 0.1) is 11.3 Å². The fourth-order valence-corrected chi connectivity index (χ4v) is 3.85. The molecule has 1 aromatic carbocycles. The Morgan fingerprint density at radius 1 is 1.11 bits per heavy atom. The van der Waals surface area contributed by atoms with E-state index in [9.17, 15) is 4.79 Å².